The summed E-state index contributed by atoms with van der Waals surface area (Å²) < 4.78 is 1.16. The van der Waals surface area contributed by atoms with E-state index >= 15 is 0 Å². The number of likely N-dealkylation sites (N-methyl/N-ethyl adjacent to an activating group) is 1. The van der Waals surface area contributed by atoms with Gasteiger partial charge in [0.1, 0.15) is 0 Å². The minimum atomic E-state index is -0.158. The van der Waals surface area contributed by atoms with Crippen LogP contribution in [0.3, 0.4) is 0 Å². The fraction of sp³-hybridized carbons (Fsp3) is 0.600. The maximum atomic E-state index is 9.20. The molecule has 0 spiro atoms. The third kappa shape index (κ3) is 3.05. The van der Waals surface area contributed by atoms with E-state index in [1.807, 2.05) is 20.9 Å². The van der Waals surface area contributed by atoms with Gasteiger partial charge in [0, 0.05) is 12.1 Å². The van der Waals surface area contributed by atoms with Gasteiger partial charge in [-0.2, -0.15) is 0 Å². The molecule has 0 saturated heterocycles. The Labute approximate surface area is 97.7 Å². The quantitative estimate of drug-likeness (QED) is 0.915. The topological polar surface area (TPSA) is 23.5 Å². The van der Waals surface area contributed by atoms with Gasteiger partial charge in [0.25, 0.3) is 0 Å². The molecule has 1 rings (SSSR count). The van der Waals surface area contributed by atoms with Gasteiger partial charge in [-0.05, 0) is 53.8 Å². The number of nitrogens with zero attached hydrogens (tertiary/aromatic N) is 1. The van der Waals surface area contributed by atoms with Crippen LogP contribution in [-0.2, 0) is 6.54 Å². The number of rotatable bonds is 4. The van der Waals surface area contributed by atoms with E-state index in [4.69, 9.17) is 0 Å². The number of halogens is 1. The molecular formula is C10H16BrNOS. The molecule has 14 heavy (non-hydrogen) atoms. The predicted octanol–water partition coefficient (Wildman–Crippen LogP) is 2.71. The lowest BCUT2D eigenvalue weighted by atomic mass is 10.0. The molecule has 0 saturated carbocycles. The van der Waals surface area contributed by atoms with Crippen LogP contribution >= 0.6 is 27.3 Å². The van der Waals surface area contributed by atoms with E-state index in [0.29, 0.717) is 0 Å². The first-order valence-corrected chi connectivity index (χ1v) is 6.18. The molecule has 0 radical (unpaired) electrons. The molecule has 2 nitrogen and oxygen atoms in total. The molecule has 1 N–H and O–H groups in total. The van der Waals surface area contributed by atoms with Crippen LogP contribution in [0.1, 0.15) is 19.4 Å². The maximum Gasteiger partial charge on any atom is 0.0701 e. The van der Waals surface area contributed by atoms with E-state index in [-0.39, 0.29) is 12.1 Å². The van der Waals surface area contributed by atoms with Gasteiger partial charge in [0.2, 0.25) is 0 Å². The largest absolute Gasteiger partial charge is 0.394 e. The third-order valence-electron chi connectivity index (χ3n) is 2.46. The van der Waals surface area contributed by atoms with Gasteiger partial charge in [0.15, 0.2) is 0 Å². The van der Waals surface area contributed by atoms with Gasteiger partial charge >= 0.3 is 0 Å². The Morgan fingerprint density at radius 1 is 1.57 bits per heavy atom. The molecule has 4 heteroatoms. The molecule has 0 aliphatic rings. The Bertz CT molecular complexity index is 298. The summed E-state index contributed by atoms with van der Waals surface area (Å²) in [5, 5.41) is 11.3. The van der Waals surface area contributed by atoms with Crippen LogP contribution in [0.4, 0.5) is 0 Å². The Hall–Kier alpha value is 0.1000. The van der Waals surface area contributed by atoms with Crippen molar-refractivity contribution in [3.05, 3.63) is 20.8 Å². The number of thiophene rings is 1. The SMILES string of the molecule is CN(Cc1csc(Br)c1)C(C)(C)CO. The molecule has 0 aliphatic carbocycles. The van der Waals surface area contributed by atoms with Gasteiger partial charge in [-0.25, -0.2) is 0 Å². The Morgan fingerprint density at radius 3 is 2.64 bits per heavy atom. The minimum absolute atomic E-state index is 0.158. The highest BCUT2D eigenvalue weighted by atomic mass is 79.9. The number of aliphatic hydroxyl groups is 1. The predicted molar refractivity (Wildman–Crippen MR) is 64.7 cm³/mol. The highest BCUT2D eigenvalue weighted by Crippen LogP contribution is 2.23. The second-order valence-corrected chi connectivity index (χ2v) is 6.38. The van der Waals surface area contributed by atoms with Crippen molar-refractivity contribution < 1.29 is 5.11 Å². The molecule has 0 fully saturated rings. The van der Waals surface area contributed by atoms with Crippen LogP contribution in [0, 0.1) is 0 Å². The van der Waals surface area contributed by atoms with Crippen LogP contribution in [0.15, 0.2) is 15.2 Å². The fourth-order valence-corrected chi connectivity index (χ4v) is 2.24. The van der Waals surface area contributed by atoms with E-state index in [9.17, 15) is 5.11 Å². The molecule has 0 unspecified atom stereocenters. The van der Waals surface area contributed by atoms with Crippen LogP contribution in [0.25, 0.3) is 0 Å². The van der Waals surface area contributed by atoms with Crippen LogP contribution in [0.2, 0.25) is 0 Å². The van der Waals surface area contributed by atoms with E-state index in [0.717, 1.165) is 10.3 Å². The first kappa shape index (κ1) is 12.2. The summed E-state index contributed by atoms with van der Waals surface area (Å²) in [5.41, 5.74) is 1.12. The van der Waals surface area contributed by atoms with Crippen molar-refractivity contribution in [2.24, 2.45) is 0 Å². The molecule has 0 bridgehead atoms. The number of hydrogen-bond acceptors (Lipinski definition) is 3. The molecule has 0 amide bonds. The molecule has 0 aromatic carbocycles. The minimum Gasteiger partial charge on any atom is -0.394 e. The highest BCUT2D eigenvalue weighted by molar-refractivity contribution is 9.11. The second-order valence-electron chi connectivity index (χ2n) is 4.09. The Kier molecular flexibility index (Phi) is 4.13. The summed E-state index contributed by atoms with van der Waals surface area (Å²) >= 11 is 5.13. The average molecular weight is 278 g/mol. The normalized spacial score (nSPS) is 12.4. The van der Waals surface area contributed by atoms with Crippen molar-refractivity contribution in [3.8, 4) is 0 Å². The van der Waals surface area contributed by atoms with E-state index in [1.54, 1.807) is 11.3 Å². The van der Waals surface area contributed by atoms with Gasteiger partial charge in [-0.15, -0.1) is 11.3 Å². The van der Waals surface area contributed by atoms with Crippen molar-refractivity contribution in [2.45, 2.75) is 25.9 Å². The standard InChI is InChI=1S/C10H16BrNOS/c1-10(2,7-13)12(3)5-8-4-9(11)14-6-8/h4,6,13H,5,7H2,1-3H3. The molecule has 0 aliphatic heterocycles. The van der Waals surface area contributed by atoms with Crippen LogP contribution in [0.5, 0.6) is 0 Å². The van der Waals surface area contributed by atoms with Crippen LogP contribution in [-0.4, -0.2) is 29.2 Å². The number of hydrogen-bond donors (Lipinski definition) is 1. The van der Waals surface area contributed by atoms with Gasteiger partial charge in [-0.1, -0.05) is 0 Å². The second kappa shape index (κ2) is 4.75. The van der Waals surface area contributed by atoms with Crippen molar-refractivity contribution in [1.29, 1.82) is 0 Å². The van der Waals surface area contributed by atoms with E-state index in [2.05, 4.69) is 32.3 Å². The Morgan fingerprint density at radius 2 is 2.21 bits per heavy atom. The maximum absolute atomic E-state index is 9.20. The molecule has 0 atom stereocenters. The van der Waals surface area contributed by atoms with Crippen molar-refractivity contribution in [1.82, 2.24) is 4.90 Å². The Balaban J connectivity index is 2.61. The number of aliphatic hydroxyl groups excluding tert-OH is 1. The van der Waals surface area contributed by atoms with Crippen LogP contribution < -0.4 is 0 Å². The smallest absolute Gasteiger partial charge is 0.0701 e. The average Bonchev–Trinajstić information content (AvgIpc) is 2.51. The fourth-order valence-electron chi connectivity index (χ4n) is 1.04. The summed E-state index contributed by atoms with van der Waals surface area (Å²) in [6.45, 7) is 5.12. The van der Waals surface area contributed by atoms with E-state index < -0.39 is 0 Å². The lowest BCUT2D eigenvalue weighted by molar-refractivity contribution is 0.0735. The molecule has 1 heterocycles. The molecule has 1 aromatic rings. The summed E-state index contributed by atoms with van der Waals surface area (Å²) in [5.74, 6) is 0. The van der Waals surface area contributed by atoms with Gasteiger partial charge < -0.3 is 5.11 Å². The van der Waals surface area contributed by atoms with Gasteiger partial charge in [0.05, 0.1) is 10.4 Å². The summed E-state index contributed by atoms with van der Waals surface area (Å²) in [7, 11) is 2.03. The summed E-state index contributed by atoms with van der Waals surface area (Å²) in [4.78, 5) is 2.15. The first-order valence-electron chi connectivity index (χ1n) is 4.51. The zero-order chi connectivity index (χ0) is 10.8. The van der Waals surface area contributed by atoms with Crippen molar-refractivity contribution in [2.75, 3.05) is 13.7 Å². The third-order valence-corrected chi connectivity index (χ3v) is 4.02. The van der Waals surface area contributed by atoms with Gasteiger partial charge in [-0.3, -0.25) is 4.90 Å². The molecular weight excluding hydrogens is 262 g/mol. The summed E-state index contributed by atoms with van der Waals surface area (Å²) in [6, 6.07) is 2.12. The monoisotopic (exact) mass is 277 g/mol. The summed E-state index contributed by atoms with van der Waals surface area (Å²) in [6.07, 6.45) is 0. The first-order chi connectivity index (χ1) is 6.45. The molecule has 1 aromatic heterocycles. The van der Waals surface area contributed by atoms with E-state index in [1.165, 1.54) is 5.56 Å². The zero-order valence-corrected chi connectivity index (χ0v) is 11.2. The van der Waals surface area contributed by atoms with Crippen molar-refractivity contribution >= 4 is 27.3 Å². The molecule has 80 valence electrons. The highest BCUT2D eigenvalue weighted by Gasteiger charge is 2.22. The van der Waals surface area contributed by atoms with Crippen molar-refractivity contribution in [3.63, 3.8) is 0 Å². The zero-order valence-electron chi connectivity index (χ0n) is 8.75. The lowest BCUT2D eigenvalue weighted by Crippen LogP contribution is -2.43. The lowest BCUT2D eigenvalue weighted by Gasteiger charge is -2.33.